The van der Waals surface area contributed by atoms with Gasteiger partial charge in [0.2, 0.25) is 0 Å². The fourth-order valence-electron chi connectivity index (χ4n) is 1.96. The van der Waals surface area contributed by atoms with Gasteiger partial charge in [-0.05, 0) is 13.8 Å². The molecule has 0 atom stereocenters. The number of nitrogen functional groups attached to an aromatic ring is 1. The summed E-state index contributed by atoms with van der Waals surface area (Å²) >= 11 is 0. The molecule has 7 heteroatoms. The molecule has 7 nitrogen and oxygen atoms in total. The number of hydrogen-bond acceptors (Lipinski definition) is 5. The SMILES string of the molecule is CCOCCn1ncc2c(N)c(C(=O)O)c(C)nc21. The summed E-state index contributed by atoms with van der Waals surface area (Å²) in [7, 11) is 0. The molecule has 2 rings (SSSR count). The Balaban J connectivity index is 2.47. The number of carboxylic acids is 1. The van der Waals surface area contributed by atoms with E-state index >= 15 is 0 Å². The van der Waals surface area contributed by atoms with Gasteiger partial charge in [-0.3, -0.25) is 0 Å². The van der Waals surface area contributed by atoms with E-state index in [-0.39, 0.29) is 11.3 Å². The molecule has 102 valence electrons. The van der Waals surface area contributed by atoms with Gasteiger partial charge in [0.1, 0.15) is 5.56 Å². The van der Waals surface area contributed by atoms with Gasteiger partial charge >= 0.3 is 5.97 Å². The molecule has 2 aromatic rings. The zero-order valence-corrected chi connectivity index (χ0v) is 10.9. The summed E-state index contributed by atoms with van der Waals surface area (Å²) in [5.41, 5.74) is 7.10. The zero-order chi connectivity index (χ0) is 14.0. The van der Waals surface area contributed by atoms with Crippen molar-refractivity contribution in [1.82, 2.24) is 14.8 Å². The summed E-state index contributed by atoms with van der Waals surface area (Å²) < 4.78 is 6.93. The molecule has 2 heterocycles. The van der Waals surface area contributed by atoms with Crippen LogP contribution in [0.2, 0.25) is 0 Å². The van der Waals surface area contributed by atoms with Crippen molar-refractivity contribution >= 4 is 22.7 Å². The fourth-order valence-corrected chi connectivity index (χ4v) is 1.96. The van der Waals surface area contributed by atoms with Crippen LogP contribution in [0.25, 0.3) is 11.0 Å². The summed E-state index contributed by atoms with van der Waals surface area (Å²) in [5, 5.41) is 13.8. The van der Waals surface area contributed by atoms with Crippen molar-refractivity contribution < 1.29 is 14.6 Å². The van der Waals surface area contributed by atoms with E-state index in [9.17, 15) is 4.79 Å². The van der Waals surface area contributed by atoms with Crippen molar-refractivity contribution in [3.8, 4) is 0 Å². The molecule has 0 saturated carbocycles. The lowest BCUT2D eigenvalue weighted by Crippen LogP contribution is -2.11. The number of hydrogen-bond donors (Lipinski definition) is 2. The van der Waals surface area contributed by atoms with E-state index in [0.29, 0.717) is 36.5 Å². The quantitative estimate of drug-likeness (QED) is 0.782. The summed E-state index contributed by atoms with van der Waals surface area (Å²) in [6, 6.07) is 0. The van der Waals surface area contributed by atoms with Crippen LogP contribution >= 0.6 is 0 Å². The van der Waals surface area contributed by atoms with Gasteiger partial charge in [0, 0.05) is 6.61 Å². The Bertz CT molecular complexity index is 621. The van der Waals surface area contributed by atoms with E-state index in [4.69, 9.17) is 15.6 Å². The van der Waals surface area contributed by atoms with Crippen LogP contribution in [-0.4, -0.2) is 39.1 Å². The van der Waals surface area contributed by atoms with Crippen LogP contribution in [-0.2, 0) is 11.3 Å². The smallest absolute Gasteiger partial charge is 0.339 e. The molecule has 0 bridgehead atoms. The number of fused-ring (bicyclic) bond motifs is 1. The first-order valence-electron chi connectivity index (χ1n) is 5.98. The number of nitrogens with zero attached hydrogens (tertiary/aromatic N) is 3. The number of pyridine rings is 1. The number of aryl methyl sites for hydroxylation is 1. The molecule has 0 aliphatic carbocycles. The van der Waals surface area contributed by atoms with E-state index in [2.05, 4.69) is 10.1 Å². The van der Waals surface area contributed by atoms with Crippen molar-refractivity contribution in [3.63, 3.8) is 0 Å². The number of aromatic nitrogens is 3. The Labute approximate surface area is 110 Å². The van der Waals surface area contributed by atoms with Crippen LogP contribution in [0, 0.1) is 6.92 Å². The third-order valence-electron chi connectivity index (χ3n) is 2.87. The van der Waals surface area contributed by atoms with Gasteiger partial charge in [-0.2, -0.15) is 5.10 Å². The molecule has 19 heavy (non-hydrogen) atoms. The predicted octanol–water partition coefficient (Wildman–Crippen LogP) is 1.06. The minimum Gasteiger partial charge on any atom is -0.478 e. The van der Waals surface area contributed by atoms with Crippen LogP contribution in [0.3, 0.4) is 0 Å². The molecule has 0 radical (unpaired) electrons. The molecule has 0 aliphatic rings. The summed E-state index contributed by atoms with van der Waals surface area (Å²) in [5.74, 6) is -1.08. The Morgan fingerprint density at radius 1 is 1.58 bits per heavy atom. The lowest BCUT2D eigenvalue weighted by atomic mass is 10.1. The lowest BCUT2D eigenvalue weighted by Gasteiger charge is -2.07. The molecule has 0 spiro atoms. The van der Waals surface area contributed by atoms with Gasteiger partial charge in [0.05, 0.1) is 36.1 Å². The van der Waals surface area contributed by atoms with Crippen LogP contribution in [0.1, 0.15) is 23.0 Å². The van der Waals surface area contributed by atoms with Crippen LogP contribution in [0.4, 0.5) is 5.69 Å². The van der Waals surface area contributed by atoms with Crippen LogP contribution in [0.15, 0.2) is 6.20 Å². The van der Waals surface area contributed by atoms with Crippen molar-refractivity contribution in [2.75, 3.05) is 18.9 Å². The molecule has 0 aromatic carbocycles. The third-order valence-corrected chi connectivity index (χ3v) is 2.87. The molecular formula is C12H16N4O3. The number of nitrogens with two attached hydrogens (primary N) is 1. The monoisotopic (exact) mass is 264 g/mol. The van der Waals surface area contributed by atoms with Crippen LogP contribution < -0.4 is 5.73 Å². The molecule has 0 aliphatic heterocycles. The van der Waals surface area contributed by atoms with Gasteiger partial charge in [-0.25, -0.2) is 14.5 Å². The first kappa shape index (κ1) is 13.3. The minimum absolute atomic E-state index is 0.0388. The lowest BCUT2D eigenvalue weighted by molar-refractivity contribution is 0.0697. The molecule has 3 N–H and O–H groups in total. The number of aromatic carboxylic acids is 1. The highest BCUT2D eigenvalue weighted by atomic mass is 16.5. The first-order chi connectivity index (χ1) is 9.06. The Hall–Kier alpha value is -2.15. The van der Waals surface area contributed by atoms with Gasteiger partial charge < -0.3 is 15.6 Å². The second-order valence-electron chi connectivity index (χ2n) is 4.09. The zero-order valence-electron chi connectivity index (χ0n) is 10.9. The maximum Gasteiger partial charge on any atom is 0.339 e. The van der Waals surface area contributed by atoms with Crippen molar-refractivity contribution in [2.24, 2.45) is 0 Å². The molecular weight excluding hydrogens is 248 g/mol. The van der Waals surface area contributed by atoms with Crippen molar-refractivity contribution in [1.29, 1.82) is 0 Å². The number of anilines is 1. The Morgan fingerprint density at radius 3 is 2.95 bits per heavy atom. The van der Waals surface area contributed by atoms with E-state index < -0.39 is 5.97 Å². The summed E-state index contributed by atoms with van der Waals surface area (Å²) in [6.45, 7) is 5.25. The second-order valence-corrected chi connectivity index (χ2v) is 4.09. The highest BCUT2D eigenvalue weighted by molar-refractivity contribution is 6.03. The van der Waals surface area contributed by atoms with E-state index in [1.54, 1.807) is 11.6 Å². The average Bonchev–Trinajstić information content (AvgIpc) is 2.72. The van der Waals surface area contributed by atoms with Crippen molar-refractivity contribution in [3.05, 3.63) is 17.5 Å². The van der Waals surface area contributed by atoms with Gasteiger partial charge in [0.15, 0.2) is 5.65 Å². The second kappa shape index (κ2) is 5.23. The normalized spacial score (nSPS) is 11.1. The maximum atomic E-state index is 11.1. The van der Waals surface area contributed by atoms with E-state index in [1.165, 1.54) is 6.20 Å². The third kappa shape index (κ3) is 2.37. The average molecular weight is 264 g/mol. The summed E-state index contributed by atoms with van der Waals surface area (Å²) in [6.07, 6.45) is 1.54. The van der Waals surface area contributed by atoms with Gasteiger partial charge in [-0.1, -0.05) is 0 Å². The van der Waals surface area contributed by atoms with E-state index in [0.717, 1.165) is 0 Å². The molecule has 0 fully saturated rings. The largest absolute Gasteiger partial charge is 0.478 e. The topological polar surface area (TPSA) is 103 Å². The van der Waals surface area contributed by atoms with E-state index in [1.807, 2.05) is 6.92 Å². The van der Waals surface area contributed by atoms with Gasteiger partial charge in [-0.15, -0.1) is 0 Å². The minimum atomic E-state index is -1.08. The Morgan fingerprint density at radius 2 is 2.32 bits per heavy atom. The molecule has 0 saturated heterocycles. The standard InChI is InChI=1S/C12H16N4O3/c1-3-19-5-4-16-11-8(6-14-16)10(13)9(12(17)18)7(2)15-11/h6H,3-5H2,1-2H3,(H2,13,15)(H,17,18). The highest BCUT2D eigenvalue weighted by Gasteiger charge is 2.18. The maximum absolute atomic E-state index is 11.1. The number of ether oxygens (including phenoxy) is 1. The van der Waals surface area contributed by atoms with Crippen molar-refractivity contribution in [2.45, 2.75) is 20.4 Å². The van der Waals surface area contributed by atoms with Crippen LogP contribution in [0.5, 0.6) is 0 Å². The number of carboxylic acid groups (broad SMARTS) is 1. The number of carbonyl (C=O) groups is 1. The molecule has 0 amide bonds. The molecule has 0 unspecified atom stereocenters. The fraction of sp³-hybridized carbons (Fsp3) is 0.417. The highest BCUT2D eigenvalue weighted by Crippen LogP contribution is 2.25. The molecule has 2 aromatic heterocycles. The Kier molecular flexibility index (Phi) is 3.66. The first-order valence-corrected chi connectivity index (χ1v) is 5.98. The predicted molar refractivity (Wildman–Crippen MR) is 70.1 cm³/mol. The summed E-state index contributed by atoms with van der Waals surface area (Å²) in [4.78, 5) is 15.4. The number of rotatable bonds is 5. The van der Waals surface area contributed by atoms with Gasteiger partial charge in [0.25, 0.3) is 0 Å².